The summed E-state index contributed by atoms with van der Waals surface area (Å²) in [6.45, 7) is 0. The van der Waals surface area contributed by atoms with Crippen molar-refractivity contribution in [3.8, 4) is 0 Å². The van der Waals surface area contributed by atoms with Gasteiger partial charge in [0, 0.05) is 0 Å². The third-order valence-electron chi connectivity index (χ3n) is 2.17. The summed E-state index contributed by atoms with van der Waals surface area (Å²) in [7, 11) is -1.39. The van der Waals surface area contributed by atoms with Crippen LogP contribution >= 0.6 is 0 Å². The molecule has 0 bridgehead atoms. The van der Waals surface area contributed by atoms with Crippen molar-refractivity contribution in [1.29, 1.82) is 0 Å². The molecule has 80 valence electrons. The van der Waals surface area contributed by atoms with Crippen LogP contribution in [-0.4, -0.2) is 32.1 Å². The van der Waals surface area contributed by atoms with Crippen LogP contribution in [0.1, 0.15) is 0 Å². The fourth-order valence-electron chi connectivity index (χ4n) is 1.40. The Morgan fingerprint density at radius 2 is 1.44 bits per heavy atom. The molecule has 2 aromatic rings. The average molecular weight is 277 g/mol. The van der Waals surface area contributed by atoms with E-state index in [1.807, 2.05) is 36.4 Å². The molecule has 0 amide bonds. The molecule has 16 heavy (non-hydrogen) atoms. The second kappa shape index (κ2) is 5.33. The Morgan fingerprint density at radius 1 is 0.812 bits per heavy atom. The van der Waals surface area contributed by atoms with E-state index in [9.17, 15) is 10.0 Å². The molecular formula is C12H11BO2Se. The number of hydrogen-bond acceptors (Lipinski definition) is 2. The van der Waals surface area contributed by atoms with Crippen molar-refractivity contribution in [3.05, 3.63) is 54.6 Å². The van der Waals surface area contributed by atoms with Gasteiger partial charge in [-0.15, -0.1) is 0 Å². The van der Waals surface area contributed by atoms with Crippen LogP contribution in [0, 0.1) is 0 Å². The summed E-state index contributed by atoms with van der Waals surface area (Å²) in [6.07, 6.45) is 0. The summed E-state index contributed by atoms with van der Waals surface area (Å²) in [5.41, 5.74) is 0.603. The van der Waals surface area contributed by atoms with E-state index in [4.69, 9.17) is 0 Å². The van der Waals surface area contributed by atoms with E-state index in [-0.39, 0.29) is 15.0 Å². The van der Waals surface area contributed by atoms with Crippen molar-refractivity contribution in [3.63, 3.8) is 0 Å². The van der Waals surface area contributed by atoms with Crippen LogP contribution in [0.5, 0.6) is 0 Å². The Kier molecular flexibility index (Phi) is 3.81. The van der Waals surface area contributed by atoms with E-state index in [1.54, 1.807) is 6.07 Å². The number of benzene rings is 2. The first-order valence-corrected chi connectivity index (χ1v) is 6.66. The zero-order valence-electron chi connectivity index (χ0n) is 8.58. The molecule has 0 saturated heterocycles. The van der Waals surface area contributed by atoms with E-state index in [0.29, 0.717) is 5.46 Å². The molecule has 0 unspecified atom stereocenters. The maximum absolute atomic E-state index is 9.25. The SMILES string of the molecule is OB(O)c1ccccc1[Se]c1ccccc1. The van der Waals surface area contributed by atoms with Gasteiger partial charge < -0.3 is 0 Å². The normalized spacial score (nSPS) is 10.1. The van der Waals surface area contributed by atoms with Gasteiger partial charge >= 0.3 is 101 Å². The molecule has 2 N–H and O–H groups in total. The fourth-order valence-corrected chi connectivity index (χ4v) is 3.47. The summed E-state index contributed by atoms with van der Waals surface area (Å²) < 4.78 is 2.24. The predicted octanol–water partition coefficient (Wildman–Crippen LogP) is -0.979. The Bertz CT molecular complexity index is 460. The molecule has 2 nitrogen and oxygen atoms in total. The minimum absolute atomic E-state index is 0.113. The van der Waals surface area contributed by atoms with Crippen molar-refractivity contribution in [2.75, 3.05) is 0 Å². The molecule has 0 heterocycles. The molecular weight excluding hydrogens is 266 g/mol. The topological polar surface area (TPSA) is 40.5 Å². The molecule has 0 saturated carbocycles. The Morgan fingerprint density at radius 3 is 2.12 bits per heavy atom. The minimum atomic E-state index is -1.39. The van der Waals surface area contributed by atoms with Gasteiger partial charge in [0.15, 0.2) is 0 Å². The molecule has 0 aliphatic heterocycles. The molecule has 4 heteroatoms. The number of rotatable bonds is 3. The van der Waals surface area contributed by atoms with E-state index in [2.05, 4.69) is 12.1 Å². The molecule has 0 aromatic heterocycles. The van der Waals surface area contributed by atoms with Gasteiger partial charge in [-0.1, -0.05) is 0 Å². The average Bonchev–Trinajstić information content (AvgIpc) is 2.31. The summed E-state index contributed by atoms with van der Waals surface area (Å²) in [5, 5.41) is 18.5. The Balaban J connectivity index is 2.28. The predicted molar refractivity (Wildman–Crippen MR) is 67.7 cm³/mol. The van der Waals surface area contributed by atoms with Gasteiger partial charge in [0.25, 0.3) is 0 Å². The summed E-state index contributed by atoms with van der Waals surface area (Å²) in [6, 6.07) is 17.5. The molecule has 0 radical (unpaired) electrons. The summed E-state index contributed by atoms with van der Waals surface area (Å²) in [4.78, 5) is 0. The van der Waals surface area contributed by atoms with Crippen molar-refractivity contribution < 1.29 is 10.0 Å². The second-order valence-corrected chi connectivity index (χ2v) is 5.67. The molecule has 0 atom stereocenters. The van der Waals surface area contributed by atoms with Crippen LogP contribution in [0.4, 0.5) is 0 Å². The van der Waals surface area contributed by atoms with Gasteiger partial charge in [-0.05, 0) is 0 Å². The molecule has 0 aliphatic carbocycles. The zero-order valence-corrected chi connectivity index (χ0v) is 10.3. The zero-order chi connectivity index (χ0) is 11.4. The van der Waals surface area contributed by atoms with Gasteiger partial charge in [0.05, 0.1) is 0 Å². The third kappa shape index (κ3) is 2.74. The van der Waals surface area contributed by atoms with Crippen LogP contribution in [0.25, 0.3) is 0 Å². The van der Waals surface area contributed by atoms with E-state index in [1.165, 1.54) is 4.46 Å². The molecule has 2 rings (SSSR count). The maximum atomic E-state index is 9.25. The first-order valence-electron chi connectivity index (χ1n) is 4.95. The van der Waals surface area contributed by atoms with Crippen molar-refractivity contribution in [1.82, 2.24) is 0 Å². The van der Waals surface area contributed by atoms with Crippen LogP contribution < -0.4 is 14.4 Å². The first-order chi connectivity index (χ1) is 7.77. The number of hydrogen-bond donors (Lipinski definition) is 2. The van der Waals surface area contributed by atoms with Crippen LogP contribution in [0.3, 0.4) is 0 Å². The Hall–Kier alpha value is -1.06. The monoisotopic (exact) mass is 278 g/mol. The van der Waals surface area contributed by atoms with Crippen LogP contribution in [-0.2, 0) is 0 Å². The van der Waals surface area contributed by atoms with E-state index in [0.717, 1.165) is 4.46 Å². The summed E-state index contributed by atoms with van der Waals surface area (Å²) in [5.74, 6) is 0. The van der Waals surface area contributed by atoms with Gasteiger partial charge in [0.2, 0.25) is 0 Å². The quantitative estimate of drug-likeness (QED) is 0.708. The first kappa shape index (κ1) is 11.4. The second-order valence-electron chi connectivity index (χ2n) is 3.33. The third-order valence-corrected chi connectivity index (χ3v) is 4.48. The van der Waals surface area contributed by atoms with Crippen molar-refractivity contribution >= 4 is 36.5 Å². The standard InChI is InChI=1S/C12H11BO2Se/c14-13(15)11-8-4-5-9-12(11)16-10-6-2-1-3-7-10/h1-9,14-15H. The fraction of sp³-hybridized carbons (Fsp3) is 0. The van der Waals surface area contributed by atoms with E-state index >= 15 is 0 Å². The van der Waals surface area contributed by atoms with Gasteiger partial charge in [0.1, 0.15) is 0 Å². The molecule has 0 fully saturated rings. The molecule has 2 aromatic carbocycles. The Labute approximate surface area is 101 Å². The van der Waals surface area contributed by atoms with Crippen molar-refractivity contribution in [2.24, 2.45) is 0 Å². The van der Waals surface area contributed by atoms with Crippen LogP contribution in [0.2, 0.25) is 0 Å². The van der Waals surface area contributed by atoms with Gasteiger partial charge in [-0.2, -0.15) is 0 Å². The van der Waals surface area contributed by atoms with Crippen molar-refractivity contribution in [2.45, 2.75) is 0 Å². The molecule has 0 aliphatic rings. The van der Waals surface area contributed by atoms with Gasteiger partial charge in [-0.25, -0.2) is 0 Å². The summed E-state index contributed by atoms with van der Waals surface area (Å²) >= 11 is 0.113. The van der Waals surface area contributed by atoms with E-state index < -0.39 is 7.12 Å². The molecule has 0 spiro atoms. The van der Waals surface area contributed by atoms with Crippen LogP contribution in [0.15, 0.2) is 54.6 Å². The van der Waals surface area contributed by atoms with Gasteiger partial charge in [-0.3, -0.25) is 0 Å².